The second-order valence-electron chi connectivity index (χ2n) is 7.62. The molecule has 5 heteroatoms. The van der Waals surface area contributed by atoms with Gasteiger partial charge < -0.3 is 0 Å². The van der Waals surface area contributed by atoms with E-state index in [9.17, 15) is 13.2 Å². The van der Waals surface area contributed by atoms with Crippen molar-refractivity contribution in [2.75, 3.05) is 0 Å². The molecule has 4 aromatic carbocycles. The highest BCUT2D eigenvalue weighted by molar-refractivity contribution is 7.90. The summed E-state index contributed by atoms with van der Waals surface area (Å²) in [5, 5.41) is 3.86. The number of benzene rings is 4. The molecule has 1 aromatic heterocycles. The van der Waals surface area contributed by atoms with Crippen molar-refractivity contribution < 1.29 is 8.42 Å². The Bertz CT molecular complexity index is 1630. The van der Waals surface area contributed by atoms with E-state index in [0.717, 1.165) is 36.6 Å². The molecule has 5 aromatic rings. The van der Waals surface area contributed by atoms with Gasteiger partial charge in [-0.15, -0.1) is 0 Å². The number of nitrogens with zero attached hydrogens (tertiary/aromatic N) is 1. The van der Waals surface area contributed by atoms with E-state index in [0.29, 0.717) is 10.9 Å². The Labute approximate surface area is 174 Å². The van der Waals surface area contributed by atoms with Crippen LogP contribution in [0.15, 0.2) is 88.6 Å². The zero-order chi connectivity index (χ0) is 21.0. The highest BCUT2D eigenvalue weighted by atomic mass is 32.2. The first-order valence-electron chi connectivity index (χ1n) is 9.67. The summed E-state index contributed by atoms with van der Waals surface area (Å²) in [4.78, 5) is 13.6. The predicted octanol–water partition coefficient (Wildman–Crippen LogP) is 5.16. The molecule has 0 aliphatic carbocycles. The van der Waals surface area contributed by atoms with Crippen LogP contribution in [-0.4, -0.2) is 12.4 Å². The molecule has 0 unspecified atom stereocenters. The molecule has 0 fully saturated rings. The maximum Gasteiger partial charge on any atom is 0.272 e. The molecule has 0 saturated carbocycles. The molecule has 0 radical (unpaired) electrons. The summed E-state index contributed by atoms with van der Waals surface area (Å²) < 4.78 is 28.0. The van der Waals surface area contributed by atoms with Gasteiger partial charge in [0.25, 0.3) is 15.6 Å². The monoisotopic (exact) mass is 413 g/mol. The molecule has 0 spiro atoms. The average Bonchev–Trinajstić information content (AvgIpc) is 2.74. The Hall–Kier alpha value is -3.44. The average molecular weight is 413 g/mol. The molecule has 0 atom stereocenters. The van der Waals surface area contributed by atoms with E-state index in [2.05, 4.69) is 0 Å². The van der Waals surface area contributed by atoms with Gasteiger partial charge in [0.05, 0.1) is 10.4 Å². The van der Waals surface area contributed by atoms with Crippen LogP contribution in [0.4, 0.5) is 0 Å². The van der Waals surface area contributed by atoms with Gasteiger partial charge in [-0.25, -0.2) is 8.42 Å². The smallest absolute Gasteiger partial charge is 0.268 e. The van der Waals surface area contributed by atoms with Gasteiger partial charge in [0.15, 0.2) is 0 Å². The number of hydrogen-bond acceptors (Lipinski definition) is 3. The fourth-order valence-corrected chi connectivity index (χ4v) is 5.47. The van der Waals surface area contributed by atoms with Crippen LogP contribution in [0.2, 0.25) is 0 Å². The van der Waals surface area contributed by atoms with Crippen molar-refractivity contribution >= 4 is 42.5 Å². The zero-order valence-corrected chi connectivity index (χ0v) is 17.4. The van der Waals surface area contributed by atoms with Crippen LogP contribution in [0.25, 0.3) is 32.4 Å². The van der Waals surface area contributed by atoms with Crippen LogP contribution in [0.5, 0.6) is 0 Å². The second kappa shape index (κ2) is 6.54. The molecule has 0 aliphatic rings. The van der Waals surface area contributed by atoms with Crippen LogP contribution in [0.3, 0.4) is 0 Å². The minimum absolute atomic E-state index is 0.0946. The quantitative estimate of drug-likeness (QED) is 0.376. The summed E-state index contributed by atoms with van der Waals surface area (Å²) in [6.07, 6.45) is 0. The summed E-state index contributed by atoms with van der Waals surface area (Å²) in [5.41, 5.74) is 1.80. The van der Waals surface area contributed by atoms with E-state index in [-0.39, 0.29) is 4.90 Å². The Morgan fingerprint density at radius 2 is 1.40 bits per heavy atom. The lowest BCUT2D eigenvalue weighted by Gasteiger charge is -2.15. The number of aromatic nitrogens is 1. The van der Waals surface area contributed by atoms with Crippen molar-refractivity contribution in [3.63, 3.8) is 0 Å². The fourth-order valence-electron chi connectivity index (χ4n) is 4.04. The van der Waals surface area contributed by atoms with Gasteiger partial charge in [-0.2, -0.15) is 3.97 Å². The van der Waals surface area contributed by atoms with Crippen molar-refractivity contribution in [2.45, 2.75) is 18.7 Å². The Morgan fingerprint density at radius 3 is 2.17 bits per heavy atom. The zero-order valence-electron chi connectivity index (χ0n) is 16.6. The molecule has 0 amide bonds. The minimum atomic E-state index is -4.07. The van der Waals surface area contributed by atoms with Gasteiger partial charge in [-0.1, -0.05) is 59.7 Å². The van der Waals surface area contributed by atoms with E-state index in [4.69, 9.17) is 0 Å². The van der Waals surface area contributed by atoms with Crippen molar-refractivity contribution in [3.8, 4) is 0 Å². The largest absolute Gasteiger partial charge is 0.272 e. The highest BCUT2D eigenvalue weighted by Gasteiger charge is 2.24. The van der Waals surface area contributed by atoms with Gasteiger partial charge in [0.2, 0.25) is 0 Å². The van der Waals surface area contributed by atoms with Crippen LogP contribution >= 0.6 is 0 Å². The first kappa shape index (κ1) is 18.6. The molecule has 148 valence electrons. The number of rotatable bonds is 2. The number of fused-ring (bicyclic) bond motifs is 5. The third-order valence-electron chi connectivity index (χ3n) is 5.54. The van der Waals surface area contributed by atoms with Gasteiger partial charge in [0, 0.05) is 16.2 Å². The molecular formula is C25H19NO3S. The lowest BCUT2D eigenvalue weighted by Crippen LogP contribution is -2.28. The fraction of sp³-hybridized carbons (Fsp3) is 0.0800. The first-order chi connectivity index (χ1) is 14.4. The van der Waals surface area contributed by atoms with Crippen molar-refractivity contribution in [1.29, 1.82) is 0 Å². The molecule has 0 aliphatic heterocycles. The van der Waals surface area contributed by atoms with E-state index in [1.165, 1.54) is 0 Å². The van der Waals surface area contributed by atoms with Crippen LogP contribution < -0.4 is 5.56 Å². The normalized spacial score (nSPS) is 12.1. The molecule has 4 nitrogen and oxygen atoms in total. The Balaban J connectivity index is 2.02. The van der Waals surface area contributed by atoms with Crippen LogP contribution in [-0.2, 0) is 10.0 Å². The second-order valence-corrected chi connectivity index (χ2v) is 9.40. The standard InChI is InChI=1S/C25H19NO3S/c1-16-7-11-19(12-8-16)30(28,29)26-23-14-9-17(2)15-22(23)24-20-6-4-3-5-18(20)10-13-21(24)25(26)27/h3-15H,1-2H3. The number of hydrogen-bond donors (Lipinski definition) is 0. The third-order valence-corrected chi connectivity index (χ3v) is 7.25. The van der Waals surface area contributed by atoms with Gasteiger partial charge in [-0.3, -0.25) is 4.79 Å². The van der Waals surface area contributed by atoms with Crippen LogP contribution in [0, 0.1) is 13.8 Å². The van der Waals surface area contributed by atoms with Gasteiger partial charge in [-0.05, 0) is 55.0 Å². The first-order valence-corrected chi connectivity index (χ1v) is 11.1. The minimum Gasteiger partial charge on any atom is -0.268 e. The van der Waals surface area contributed by atoms with Gasteiger partial charge >= 0.3 is 0 Å². The molecule has 0 bridgehead atoms. The summed E-state index contributed by atoms with van der Waals surface area (Å²) in [6.45, 7) is 3.85. The summed E-state index contributed by atoms with van der Waals surface area (Å²) in [6, 6.07) is 23.5. The lowest BCUT2D eigenvalue weighted by atomic mass is 9.98. The maximum atomic E-state index is 13.5. The molecule has 30 heavy (non-hydrogen) atoms. The Morgan fingerprint density at radius 1 is 0.700 bits per heavy atom. The van der Waals surface area contributed by atoms with Crippen molar-refractivity contribution in [3.05, 3.63) is 100 Å². The molecule has 0 N–H and O–H groups in total. The number of pyridine rings is 1. The van der Waals surface area contributed by atoms with Crippen molar-refractivity contribution in [1.82, 2.24) is 3.97 Å². The molecular weight excluding hydrogens is 394 g/mol. The predicted molar refractivity (Wildman–Crippen MR) is 122 cm³/mol. The van der Waals surface area contributed by atoms with Gasteiger partial charge in [0.1, 0.15) is 0 Å². The summed E-state index contributed by atoms with van der Waals surface area (Å²) in [5.74, 6) is 0. The van der Waals surface area contributed by atoms with E-state index in [1.54, 1.807) is 36.4 Å². The van der Waals surface area contributed by atoms with Crippen molar-refractivity contribution in [2.24, 2.45) is 0 Å². The van der Waals surface area contributed by atoms with E-state index in [1.807, 2.05) is 56.3 Å². The SMILES string of the molecule is Cc1ccc(S(=O)(=O)n2c(=O)c3ccc4ccccc4c3c3cc(C)ccc32)cc1. The molecule has 1 heterocycles. The van der Waals surface area contributed by atoms with E-state index >= 15 is 0 Å². The third kappa shape index (κ3) is 2.66. The summed E-state index contributed by atoms with van der Waals surface area (Å²) in [7, 11) is -4.07. The lowest BCUT2D eigenvalue weighted by molar-refractivity contribution is 0.587. The van der Waals surface area contributed by atoms with Crippen LogP contribution in [0.1, 0.15) is 11.1 Å². The summed E-state index contributed by atoms with van der Waals surface area (Å²) >= 11 is 0. The highest BCUT2D eigenvalue weighted by Crippen LogP contribution is 2.32. The molecule has 5 rings (SSSR count). The Kier molecular flexibility index (Phi) is 4.05. The number of aryl methyl sites for hydroxylation is 2. The topological polar surface area (TPSA) is 56.1 Å². The maximum absolute atomic E-state index is 13.5. The molecule has 0 saturated heterocycles. The van der Waals surface area contributed by atoms with E-state index < -0.39 is 15.6 Å².